The van der Waals surface area contributed by atoms with Gasteiger partial charge < -0.3 is 10.2 Å². The average molecular weight is 348 g/mol. The Hall–Kier alpha value is -3.22. The summed E-state index contributed by atoms with van der Waals surface area (Å²) < 4.78 is 1.59. The molecule has 0 aliphatic carbocycles. The first-order valence-corrected chi connectivity index (χ1v) is 8.68. The van der Waals surface area contributed by atoms with Gasteiger partial charge in [0.25, 0.3) is 0 Å². The van der Waals surface area contributed by atoms with Gasteiger partial charge in [-0.05, 0) is 35.2 Å². The molecular formula is C19H20N6O. The van der Waals surface area contributed by atoms with E-state index in [1.54, 1.807) is 17.2 Å². The van der Waals surface area contributed by atoms with Crippen LogP contribution < -0.4 is 5.32 Å². The summed E-state index contributed by atoms with van der Waals surface area (Å²) in [5.41, 5.74) is 3.44. The number of amides is 2. The standard InChI is InChI=1S/C19H20N6O/c1-2-17-16-6-4-3-5-15(16)11-24(17)19(26)22-10-14-7-8-21-18(9-14)25-13-20-12-23-25/h3-9,12-13,17H,2,10-11H2,1H3,(H,22,26). The minimum Gasteiger partial charge on any atom is -0.334 e. The van der Waals surface area contributed by atoms with E-state index in [0.717, 1.165) is 12.0 Å². The molecule has 2 amide bonds. The lowest BCUT2D eigenvalue weighted by Crippen LogP contribution is -2.38. The predicted molar refractivity (Wildman–Crippen MR) is 96.4 cm³/mol. The maximum atomic E-state index is 12.7. The molecule has 0 saturated heterocycles. The Labute approximate surface area is 151 Å². The van der Waals surface area contributed by atoms with Crippen molar-refractivity contribution in [1.29, 1.82) is 0 Å². The summed E-state index contributed by atoms with van der Waals surface area (Å²) in [6.07, 6.45) is 5.67. The van der Waals surface area contributed by atoms with Crippen LogP contribution >= 0.6 is 0 Å². The molecule has 1 N–H and O–H groups in total. The second-order valence-corrected chi connectivity index (χ2v) is 6.27. The van der Waals surface area contributed by atoms with Crippen molar-refractivity contribution < 1.29 is 4.79 Å². The van der Waals surface area contributed by atoms with Gasteiger partial charge >= 0.3 is 6.03 Å². The van der Waals surface area contributed by atoms with Gasteiger partial charge in [-0.25, -0.2) is 19.4 Å². The largest absolute Gasteiger partial charge is 0.334 e. The third-order valence-corrected chi connectivity index (χ3v) is 4.69. The van der Waals surface area contributed by atoms with Crippen molar-refractivity contribution in [3.8, 4) is 5.82 Å². The number of carbonyl (C=O) groups excluding carboxylic acids is 1. The molecule has 0 spiro atoms. The van der Waals surface area contributed by atoms with Crippen LogP contribution in [0.1, 0.15) is 36.1 Å². The van der Waals surface area contributed by atoms with Crippen molar-refractivity contribution in [3.05, 3.63) is 71.9 Å². The second kappa shape index (κ2) is 6.95. The van der Waals surface area contributed by atoms with Crippen molar-refractivity contribution in [3.63, 3.8) is 0 Å². The number of fused-ring (bicyclic) bond motifs is 1. The molecule has 7 heteroatoms. The van der Waals surface area contributed by atoms with E-state index in [-0.39, 0.29) is 12.1 Å². The van der Waals surface area contributed by atoms with Crippen LogP contribution in [0.3, 0.4) is 0 Å². The monoisotopic (exact) mass is 348 g/mol. The van der Waals surface area contributed by atoms with Gasteiger partial charge in [-0.1, -0.05) is 31.2 Å². The molecule has 3 aromatic rings. The van der Waals surface area contributed by atoms with Crippen molar-refractivity contribution >= 4 is 6.03 Å². The first-order valence-electron chi connectivity index (χ1n) is 8.68. The van der Waals surface area contributed by atoms with Gasteiger partial charge in [0.2, 0.25) is 0 Å². The fourth-order valence-electron chi connectivity index (χ4n) is 3.42. The van der Waals surface area contributed by atoms with Gasteiger partial charge in [-0.15, -0.1) is 0 Å². The molecule has 3 heterocycles. The molecule has 1 aromatic carbocycles. The van der Waals surface area contributed by atoms with Gasteiger partial charge in [0.15, 0.2) is 5.82 Å². The number of rotatable bonds is 4. The summed E-state index contributed by atoms with van der Waals surface area (Å²) in [5.74, 6) is 0.675. The number of hydrogen-bond acceptors (Lipinski definition) is 4. The van der Waals surface area contributed by atoms with Crippen LogP contribution in [0.4, 0.5) is 4.79 Å². The molecule has 1 aliphatic rings. The van der Waals surface area contributed by atoms with Gasteiger partial charge in [-0.3, -0.25) is 0 Å². The molecule has 1 aliphatic heterocycles. The Kier molecular flexibility index (Phi) is 4.35. The fraction of sp³-hybridized carbons (Fsp3) is 0.263. The molecule has 0 fully saturated rings. The van der Waals surface area contributed by atoms with E-state index in [1.807, 2.05) is 29.2 Å². The van der Waals surface area contributed by atoms with E-state index in [9.17, 15) is 4.79 Å². The maximum Gasteiger partial charge on any atom is 0.318 e. The number of nitrogens with zero attached hydrogens (tertiary/aromatic N) is 5. The first-order chi connectivity index (χ1) is 12.8. The molecule has 2 aromatic heterocycles. The highest BCUT2D eigenvalue weighted by Gasteiger charge is 2.31. The number of benzene rings is 1. The van der Waals surface area contributed by atoms with Crippen molar-refractivity contribution in [2.45, 2.75) is 32.5 Å². The van der Waals surface area contributed by atoms with E-state index in [0.29, 0.717) is 18.9 Å². The summed E-state index contributed by atoms with van der Waals surface area (Å²) in [5, 5.41) is 7.10. The number of nitrogens with one attached hydrogen (secondary N) is 1. The van der Waals surface area contributed by atoms with Gasteiger partial charge in [0, 0.05) is 19.3 Å². The molecule has 26 heavy (non-hydrogen) atoms. The van der Waals surface area contributed by atoms with Crippen LogP contribution in [0, 0.1) is 0 Å². The van der Waals surface area contributed by atoms with Gasteiger partial charge in [0.05, 0.1) is 6.04 Å². The lowest BCUT2D eigenvalue weighted by atomic mass is 10.0. The Balaban J connectivity index is 1.44. The molecule has 0 radical (unpaired) electrons. The highest BCUT2D eigenvalue weighted by Crippen LogP contribution is 2.35. The molecule has 1 atom stereocenters. The molecule has 0 saturated carbocycles. The zero-order chi connectivity index (χ0) is 17.9. The Morgan fingerprint density at radius 2 is 2.19 bits per heavy atom. The molecule has 4 rings (SSSR count). The van der Waals surface area contributed by atoms with Crippen LogP contribution in [0.5, 0.6) is 0 Å². The zero-order valence-corrected chi connectivity index (χ0v) is 14.5. The van der Waals surface area contributed by atoms with Crippen LogP contribution in [-0.4, -0.2) is 30.7 Å². The van der Waals surface area contributed by atoms with E-state index >= 15 is 0 Å². The number of aromatic nitrogens is 4. The van der Waals surface area contributed by atoms with E-state index in [4.69, 9.17) is 0 Å². The molecule has 7 nitrogen and oxygen atoms in total. The minimum atomic E-state index is -0.0489. The molecular weight excluding hydrogens is 328 g/mol. The fourth-order valence-corrected chi connectivity index (χ4v) is 3.42. The third-order valence-electron chi connectivity index (χ3n) is 4.69. The average Bonchev–Trinajstić information content (AvgIpc) is 3.34. The summed E-state index contributed by atoms with van der Waals surface area (Å²) in [6.45, 7) is 3.20. The number of carbonyl (C=O) groups is 1. The second-order valence-electron chi connectivity index (χ2n) is 6.27. The van der Waals surface area contributed by atoms with Crippen molar-refractivity contribution in [2.75, 3.05) is 0 Å². The Bertz CT molecular complexity index is 908. The molecule has 132 valence electrons. The summed E-state index contributed by atoms with van der Waals surface area (Å²) in [6, 6.07) is 12.1. The SMILES string of the molecule is CCC1c2ccccc2CN1C(=O)NCc1ccnc(-n2cncn2)c1. The first kappa shape index (κ1) is 16.3. The van der Waals surface area contributed by atoms with Crippen LogP contribution in [0.15, 0.2) is 55.2 Å². The van der Waals surface area contributed by atoms with Crippen LogP contribution in [0.2, 0.25) is 0 Å². The predicted octanol–water partition coefficient (Wildman–Crippen LogP) is 2.84. The molecule has 0 bridgehead atoms. The highest BCUT2D eigenvalue weighted by molar-refractivity contribution is 5.75. The van der Waals surface area contributed by atoms with Gasteiger partial charge in [-0.2, -0.15) is 5.10 Å². The molecule has 1 unspecified atom stereocenters. The van der Waals surface area contributed by atoms with Crippen molar-refractivity contribution in [2.24, 2.45) is 0 Å². The van der Waals surface area contributed by atoms with Gasteiger partial charge in [0.1, 0.15) is 12.7 Å². The summed E-state index contributed by atoms with van der Waals surface area (Å²) in [4.78, 5) is 22.9. The Morgan fingerprint density at radius 1 is 1.31 bits per heavy atom. The maximum absolute atomic E-state index is 12.7. The van der Waals surface area contributed by atoms with Crippen molar-refractivity contribution in [1.82, 2.24) is 30.0 Å². The minimum absolute atomic E-state index is 0.0489. The summed E-state index contributed by atoms with van der Waals surface area (Å²) >= 11 is 0. The lowest BCUT2D eigenvalue weighted by molar-refractivity contribution is 0.178. The number of hydrogen-bond donors (Lipinski definition) is 1. The normalized spacial score (nSPS) is 15.7. The topological polar surface area (TPSA) is 75.9 Å². The quantitative estimate of drug-likeness (QED) is 0.787. The van der Waals surface area contributed by atoms with Crippen LogP contribution in [0.25, 0.3) is 5.82 Å². The van der Waals surface area contributed by atoms with Crippen LogP contribution in [-0.2, 0) is 13.1 Å². The summed E-state index contributed by atoms with van der Waals surface area (Å²) in [7, 11) is 0. The smallest absolute Gasteiger partial charge is 0.318 e. The highest BCUT2D eigenvalue weighted by atomic mass is 16.2. The lowest BCUT2D eigenvalue weighted by Gasteiger charge is -2.24. The number of urea groups is 1. The Morgan fingerprint density at radius 3 is 3.00 bits per heavy atom. The van der Waals surface area contributed by atoms with E-state index in [2.05, 4.69) is 39.4 Å². The number of pyridine rings is 1. The zero-order valence-electron chi connectivity index (χ0n) is 14.5. The third kappa shape index (κ3) is 3.03. The van der Waals surface area contributed by atoms with E-state index in [1.165, 1.54) is 17.5 Å². The van der Waals surface area contributed by atoms with E-state index < -0.39 is 0 Å².